The first-order valence-electron chi connectivity index (χ1n) is 7.62. The number of rotatable bonds is 7. The van der Waals surface area contributed by atoms with E-state index < -0.39 is 6.10 Å². The van der Waals surface area contributed by atoms with Crippen molar-refractivity contribution in [1.29, 1.82) is 0 Å². The summed E-state index contributed by atoms with van der Waals surface area (Å²) >= 11 is 1.84. The zero-order valence-electron chi connectivity index (χ0n) is 13.1. The highest BCUT2D eigenvalue weighted by Gasteiger charge is 2.18. The summed E-state index contributed by atoms with van der Waals surface area (Å²) in [6, 6.07) is 14.8. The molecule has 0 amide bonds. The van der Waals surface area contributed by atoms with Gasteiger partial charge in [-0.15, -0.1) is 11.3 Å². The number of hydrogen-bond donors (Lipinski definition) is 1. The van der Waals surface area contributed by atoms with Gasteiger partial charge in [-0.3, -0.25) is 4.90 Å². The van der Waals surface area contributed by atoms with Crippen LogP contribution >= 0.6 is 11.3 Å². The molecule has 0 bridgehead atoms. The Bertz CT molecular complexity index is 537. The molecule has 1 aromatic carbocycles. The molecule has 1 N–H and O–H groups in total. The van der Waals surface area contributed by atoms with Gasteiger partial charge in [0.15, 0.2) is 0 Å². The van der Waals surface area contributed by atoms with Gasteiger partial charge >= 0.3 is 0 Å². The zero-order chi connectivity index (χ0) is 15.2. The third-order valence-electron chi connectivity index (χ3n) is 3.96. The van der Waals surface area contributed by atoms with Crippen LogP contribution in [0.5, 0.6) is 0 Å². The Morgan fingerprint density at radius 2 is 1.86 bits per heavy atom. The third-order valence-corrected chi connectivity index (χ3v) is 4.95. The smallest absolute Gasteiger partial charge is 0.0917 e. The maximum absolute atomic E-state index is 10.5. The highest BCUT2D eigenvalue weighted by Crippen LogP contribution is 2.22. The van der Waals surface area contributed by atoms with Gasteiger partial charge in [0.25, 0.3) is 0 Å². The highest BCUT2D eigenvalue weighted by atomic mass is 32.1. The fourth-order valence-electron chi connectivity index (χ4n) is 2.43. The summed E-state index contributed by atoms with van der Waals surface area (Å²) in [7, 11) is 0. The predicted octanol–water partition coefficient (Wildman–Crippen LogP) is 4.39. The van der Waals surface area contributed by atoms with E-state index in [1.807, 2.05) is 41.7 Å². The Balaban J connectivity index is 2.06. The first kappa shape index (κ1) is 16.2. The molecule has 0 saturated carbocycles. The summed E-state index contributed by atoms with van der Waals surface area (Å²) in [5.41, 5.74) is 0.994. The molecule has 2 aromatic rings. The second kappa shape index (κ2) is 7.74. The summed E-state index contributed by atoms with van der Waals surface area (Å²) < 4.78 is 0. The molecule has 0 aliphatic carbocycles. The molecule has 2 nitrogen and oxygen atoms in total. The van der Waals surface area contributed by atoms with Crippen molar-refractivity contribution in [2.75, 3.05) is 6.54 Å². The van der Waals surface area contributed by atoms with Gasteiger partial charge in [0.2, 0.25) is 0 Å². The average Bonchev–Trinajstić information content (AvgIpc) is 2.91. The molecule has 2 rings (SSSR count). The lowest BCUT2D eigenvalue weighted by Crippen LogP contribution is -2.35. The van der Waals surface area contributed by atoms with Crippen LogP contribution in [0.4, 0.5) is 0 Å². The summed E-state index contributed by atoms with van der Waals surface area (Å²) in [5, 5.41) is 10.5. The Hall–Kier alpha value is -1.16. The van der Waals surface area contributed by atoms with Crippen molar-refractivity contribution in [2.24, 2.45) is 0 Å². The first-order valence-corrected chi connectivity index (χ1v) is 8.44. The van der Waals surface area contributed by atoms with Crippen LogP contribution in [-0.4, -0.2) is 22.6 Å². The molecule has 114 valence electrons. The van der Waals surface area contributed by atoms with Gasteiger partial charge in [-0.05, 0) is 38.0 Å². The predicted molar refractivity (Wildman–Crippen MR) is 90.6 cm³/mol. The minimum Gasteiger partial charge on any atom is -0.387 e. The molecular formula is C18H25NOS. The quantitative estimate of drug-likeness (QED) is 0.820. The molecule has 0 aliphatic rings. The molecule has 3 heteroatoms. The van der Waals surface area contributed by atoms with Gasteiger partial charge < -0.3 is 5.11 Å². The van der Waals surface area contributed by atoms with Crippen molar-refractivity contribution < 1.29 is 5.11 Å². The average molecular weight is 303 g/mol. The molecule has 2 unspecified atom stereocenters. The number of aliphatic hydroxyl groups is 1. The van der Waals surface area contributed by atoms with E-state index in [2.05, 4.69) is 37.8 Å². The lowest BCUT2D eigenvalue weighted by Gasteiger charge is -2.30. The molecular weight excluding hydrogens is 278 g/mol. The Morgan fingerprint density at radius 1 is 1.14 bits per heavy atom. The summed E-state index contributed by atoms with van der Waals surface area (Å²) in [6.07, 6.45) is 0.660. The van der Waals surface area contributed by atoms with Crippen LogP contribution < -0.4 is 0 Å². The Morgan fingerprint density at radius 3 is 2.43 bits per heavy atom. The minimum atomic E-state index is -0.429. The largest absolute Gasteiger partial charge is 0.387 e. The van der Waals surface area contributed by atoms with Gasteiger partial charge in [-0.25, -0.2) is 0 Å². The SMILES string of the molecule is CCC(C)N(Cc1ccc(C)s1)CC(O)c1ccccc1. The van der Waals surface area contributed by atoms with Crippen LogP contribution in [0.25, 0.3) is 0 Å². The second-order valence-electron chi connectivity index (χ2n) is 5.63. The number of nitrogens with zero attached hydrogens (tertiary/aromatic N) is 1. The fourth-order valence-corrected chi connectivity index (χ4v) is 3.35. The van der Waals surface area contributed by atoms with E-state index in [0.717, 1.165) is 18.5 Å². The van der Waals surface area contributed by atoms with Crippen molar-refractivity contribution >= 4 is 11.3 Å². The third kappa shape index (κ3) is 4.67. The lowest BCUT2D eigenvalue weighted by atomic mass is 10.1. The molecule has 0 fully saturated rings. The molecule has 0 saturated heterocycles. The normalized spacial score (nSPS) is 14.3. The molecule has 2 atom stereocenters. The van der Waals surface area contributed by atoms with E-state index in [-0.39, 0.29) is 0 Å². The lowest BCUT2D eigenvalue weighted by molar-refractivity contribution is 0.0854. The van der Waals surface area contributed by atoms with Crippen LogP contribution in [0.1, 0.15) is 41.7 Å². The van der Waals surface area contributed by atoms with Crippen molar-refractivity contribution in [3.63, 3.8) is 0 Å². The van der Waals surface area contributed by atoms with Crippen LogP contribution in [-0.2, 0) is 6.54 Å². The summed E-state index contributed by atoms with van der Waals surface area (Å²) in [5.74, 6) is 0. The van der Waals surface area contributed by atoms with E-state index in [4.69, 9.17) is 0 Å². The van der Waals surface area contributed by atoms with Crippen LogP contribution in [0.3, 0.4) is 0 Å². The highest BCUT2D eigenvalue weighted by molar-refractivity contribution is 7.11. The molecule has 0 radical (unpaired) electrons. The van der Waals surface area contributed by atoms with Crippen LogP contribution in [0.2, 0.25) is 0 Å². The van der Waals surface area contributed by atoms with Gasteiger partial charge in [0, 0.05) is 28.9 Å². The Labute approximate surface area is 132 Å². The van der Waals surface area contributed by atoms with Gasteiger partial charge in [0.05, 0.1) is 6.10 Å². The van der Waals surface area contributed by atoms with E-state index in [0.29, 0.717) is 12.6 Å². The van der Waals surface area contributed by atoms with Crippen molar-refractivity contribution in [1.82, 2.24) is 4.90 Å². The molecule has 1 heterocycles. The molecule has 0 aliphatic heterocycles. The fraction of sp³-hybridized carbons (Fsp3) is 0.444. The number of benzene rings is 1. The molecule has 21 heavy (non-hydrogen) atoms. The standard InChI is InChI=1S/C18H25NOS/c1-4-14(2)19(12-17-11-10-15(3)21-17)13-18(20)16-8-6-5-7-9-16/h5-11,14,18,20H,4,12-13H2,1-3H3. The van der Waals surface area contributed by atoms with Crippen LogP contribution in [0.15, 0.2) is 42.5 Å². The van der Waals surface area contributed by atoms with Gasteiger partial charge in [-0.2, -0.15) is 0 Å². The summed E-state index contributed by atoms with van der Waals surface area (Å²) in [6.45, 7) is 8.17. The van der Waals surface area contributed by atoms with Gasteiger partial charge in [0.1, 0.15) is 0 Å². The second-order valence-corrected chi connectivity index (χ2v) is 7.00. The van der Waals surface area contributed by atoms with E-state index in [1.165, 1.54) is 9.75 Å². The van der Waals surface area contributed by atoms with E-state index >= 15 is 0 Å². The number of aliphatic hydroxyl groups excluding tert-OH is 1. The van der Waals surface area contributed by atoms with E-state index in [1.54, 1.807) is 0 Å². The zero-order valence-corrected chi connectivity index (χ0v) is 13.9. The Kier molecular flexibility index (Phi) is 5.97. The van der Waals surface area contributed by atoms with Crippen molar-refractivity contribution in [2.45, 2.75) is 45.9 Å². The first-order chi connectivity index (χ1) is 10.1. The van der Waals surface area contributed by atoms with Crippen molar-refractivity contribution in [3.8, 4) is 0 Å². The van der Waals surface area contributed by atoms with Crippen molar-refractivity contribution in [3.05, 3.63) is 57.8 Å². The maximum atomic E-state index is 10.5. The molecule has 1 aromatic heterocycles. The van der Waals surface area contributed by atoms with Gasteiger partial charge in [-0.1, -0.05) is 37.3 Å². The van der Waals surface area contributed by atoms with E-state index in [9.17, 15) is 5.11 Å². The number of hydrogen-bond acceptors (Lipinski definition) is 3. The topological polar surface area (TPSA) is 23.5 Å². The number of thiophene rings is 1. The molecule has 0 spiro atoms. The van der Waals surface area contributed by atoms with Crippen LogP contribution in [0, 0.1) is 6.92 Å². The monoisotopic (exact) mass is 303 g/mol. The summed E-state index contributed by atoms with van der Waals surface area (Å²) in [4.78, 5) is 5.09. The maximum Gasteiger partial charge on any atom is 0.0917 e. The number of aryl methyl sites for hydroxylation is 1. The minimum absolute atomic E-state index is 0.429.